The van der Waals surface area contributed by atoms with E-state index in [1.807, 2.05) is 0 Å². The van der Waals surface area contributed by atoms with Crippen LogP contribution in [0.4, 0.5) is 20.2 Å². The summed E-state index contributed by atoms with van der Waals surface area (Å²) in [6.45, 7) is 1.64. The number of nitrogens with two attached hydrogens (primary N) is 1. The number of amides is 1. The maximum atomic E-state index is 13.6. The number of anilines is 2. The molecule has 2 rings (SSSR count). The van der Waals surface area contributed by atoms with Gasteiger partial charge in [-0.1, -0.05) is 0 Å². The number of aryl methyl sites for hydroxylation is 2. The van der Waals surface area contributed by atoms with Crippen LogP contribution in [0, 0.1) is 18.6 Å². The number of nitrogen functional groups attached to an aromatic ring is 1. The zero-order chi connectivity index (χ0) is 14.2. The van der Waals surface area contributed by atoms with Gasteiger partial charge in [-0.3, -0.25) is 9.48 Å². The van der Waals surface area contributed by atoms with E-state index in [0.717, 1.165) is 6.07 Å². The molecule has 1 aromatic heterocycles. The molecule has 0 aliphatic heterocycles. The number of aromatic nitrogens is 2. The third-order valence-electron chi connectivity index (χ3n) is 2.62. The molecular weight excluding hydrogens is 254 g/mol. The van der Waals surface area contributed by atoms with E-state index in [4.69, 9.17) is 5.73 Å². The highest BCUT2D eigenvalue weighted by Gasteiger charge is 2.18. The van der Waals surface area contributed by atoms with Crippen LogP contribution in [0.25, 0.3) is 0 Å². The van der Waals surface area contributed by atoms with Gasteiger partial charge in [0.1, 0.15) is 5.69 Å². The van der Waals surface area contributed by atoms with Crippen molar-refractivity contribution in [3.8, 4) is 0 Å². The van der Waals surface area contributed by atoms with Crippen LogP contribution in [-0.2, 0) is 7.05 Å². The molecule has 0 aliphatic carbocycles. The summed E-state index contributed by atoms with van der Waals surface area (Å²) in [5, 5.41) is 6.25. The number of halogens is 2. The fraction of sp³-hybridized carbons (Fsp3) is 0.167. The maximum absolute atomic E-state index is 13.6. The topological polar surface area (TPSA) is 72.9 Å². The van der Waals surface area contributed by atoms with Crippen molar-refractivity contribution in [3.05, 3.63) is 41.2 Å². The van der Waals surface area contributed by atoms with Crippen molar-refractivity contribution in [2.45, 2.75) is 6.92 Å². The number of hydrogen-bond acceptors (Lipinski definition) is 3. The third-order valence-corrected chi connectivity index (χ3v) is 2.62. The molecule has 1 aromatic carbocycles. The number of rotatable bonds is 2. The fourth-order valence-electron chi connectivity index (χ4n) is 1.70. The van der Waals surface area contributed by atoms with Crippen LogP contribution in [0.5, 0.6) is 0 Å². The lowest BCUT2D eigenvalue weighted by Gasteiger charge is -2.09. The van der Waals surface area contributed by atoms with E-state index in [0.29, 0.717) is 5.69 Å². The Kier molecular flexibility index (Phi) is 3.20. The van der Waals surface area contributed by atoms with Gasteiger partial charge in [-0.2, -0.15) is 5.10 Å². The molecule has 0 radical (unpaired) electrons. The van der Waals surface area contributed by atoms with Crippen LogP contribution in [-0.4, -0.2) is 15.7 Å². The molecule has 1 heterocycles. The van der Waals surface area contributed by atoms with Crippen molar-refractivity contribution in [1.29, 1.82) is 0 Å². The Morgan fingerprint density at radius 3 is 2.68 bits per heavy atom. The zero-order valence-corrected chi connectivity index (χ0v) is 10.4. The number of carbonyl (C=O) groups excluding carboxylic acids is 1. The first kappa shape index (κ1) is 13.0. The molecular formula is C12H12F2N4O. The minimum atomic E-state index is -1.19. The Hall–Kier alpha value is -2.44. The normalized spacial score (nSPS) is 10.5. The number of nitrogens with one attached hydrogen (secondary N) is 1. The van der Waals surface area contributed by atoms with Crippen LogP contribution < -0.4 is 11.1 Å². The minimum absolute atomic E-state index is 0.0474. The first-order valence-corrected chi connectivity index (χ1v) is 5.45. The van der Waals surface area contributed by atoms with Gasteiger partial charge in [0.15, 0.2) is 11.6 Å². The summed E-state index contributed by atoms with van der Waals surface area (Å²) < 4.78 is 28.1. The number of carbonyl (C=O) groups is 1. The molecule has 5 nitrogen and oxygen atoms in total. The summed E-state index contributed by atoms with van der Waals surface area (Å²) >= 11 is 0. The Labute approximate surface area is 108 Å². The fourth-order valence-corrected chi connectivity index (χ4v) is 1.70. The van der Waals surface area contributed by atoms with Gasteiger partial charge in [-0.25, -0.2) is 8.78 Å². The Morgan fingerprint density at radius 2 is 2.11 bits per heavy atom. The van der Waals surface area contributed by atoms with E-state index in [9.17, 15) is 13.6 Å². The van der Waals surface area contributed by atoms with E-state index in [-0.39, 0.29) is 16.9 Å². The van der Waals surface area contributed by atoms with Gasteiger partial charge in [-0.15, -0.1) is 0 Å². The second-order valence-electron chi connectivity index (χ2n) is 4.08. The molecule has 0 atom stereocenters. The van der Waals surface area contributed by atoms with Crippen LogP contribution >= 0.6 is 0 Å². The average molecular weight is 266 g/mol. The van der Waals surface area contributed by atoms with E-state index in [1.165, 1.54) is 16.9 Å². The van der Waals surface area contributed by atoms with E-state index < -0.39 is 17.5 Å². The van der Waals surface area contributed by atoms with Crippen molar-refractivity contribution >= 4 is 17.3 Å². The van der Waals surface area contributed by atoms with Gasteiger partial charge in [0, 0.05) is 13.2 Å². The quantitative estimate of drug-likeness (QED) is 0.815. The summed E-state index contributed by atoms with van der Waals surface area (Å²) in [7, 11) is 1.65. The van der Waals surface area contributed by atoms with Gasteiger partial charge < -0.3 is 11.1 Å². The minimum Gasteiger partial charge on any atom is -0.397 e. The SMILES string of the molecule is Cc1nn(C)cc1C(=O)Nc1c(N)ccc(F)c1F. The molecule has 19 heavy (non-hydrogen) atoms. The predicted molar refractivity (Wildman–Crippen MR) is 66.7 cm³/mol. The Morgan fingerprint density at radius 1 is 1.42 bits per heavy atom. The van der Waals surface area contributed by atoms with Gasteiger partial charge >= 0.3 is 0 Å². The largest absolute Gasteiger partial charge is 0.397 e. The summed E-state index contributed by atoms with van der Waals surface area (Å²) in [6, 6.07) is 2.08. The highest BCUT2D eigenvalue weighted by Crippen LogP contribution is 2.25. The van der Waals surface area contributed by atoms with Crippen LogP contribution in [0.15, 0.2) is 18.3 Å². The van der Waals surface area contributed by atoms with Crippen molar-refractivity contribution in [1.82, 2.24) is 9.78 Å². The second-order valence-corrected chi connectivity index (χ2v) is 4.08. The van der Waals surface area contributed by atoms with Crippen molar-refractivity contribution in [3.63, 3.8) is 0 Å². The van der Waals surface area contributed by atoms with Gasteiger partial charge in [-0.05, 0) is 19.1 Å². The monoisotopic (exact) mass is 266 g/mol. The van der Waals surface area contributed by atoms with Gasteiger partial charge in [0.05, 0.1) is 16.9 Å². The summed E-state index contributed by atoms with van der Waals surface area (Å²) in [4.78, 5) is 12.0. The van der Waals surface area contributed by atoms with Gasteiger partial charge in [0.25, 0.3) is 5.91 Å². The number of hydrogen-bond donors (Lipinski definition) is 2. The lowest BCUT2D eigenvalue weighted by Crippen LogP contribution is -2.15. The molecule has 3 N–H and O–H groups in total. The highest BCUT2D eigenvalue weighted by atomic mass is 19.2. The van der Waals surface area contributed by atoms with Crippen molar-refractivity contribution < 1.29 is 13.6 Å². The molecule has 0 fully saturated rings. The Bertz CT molecular complexity index is 651. The van der Waals surface area contributed by atoms with Crippen LogP contribution in [0.2, 0.25) is 0 Å². The van der Waals surface area contributed by atoms with E-state index >= 15 is 0 Å². The molecule has 7 heteroatoms. The summed E-state index contributed by atoms with van der Waals surface area (Å²) in [5.74, 6) is -2.86. The molecule has 2 aromatic rings. The highest BCUT2D eigenvalue weighted by molar-refractivity contribution is 6.06. The standard InChI is InChI=1S/C12H12F2N4O/c1-6-7(5-18(2)17-6)12(19)16-11-9(15)4-3-8(13)10(11)14/h3-5H,15H2,1-2H3,(H,16,19). The lowest BCUT2D eigenvalue weighted by atomic mass is 10.2. The molecule has 0 saturated heterocycles. The first-order chi connectivity index (χ1) is 8.90. The summed E-state index contributed by atoms with van der Waals surface area (Å²) in [5.41, 5.74) is 5.85. The third kappa shape index (κ3) is 2.40. The lowest BCUT2D eigenvalue weighted by molar-refractivity contribution is 0.102. The molecule has 1 amide bonds. The van der Waals surface area contributed by atoms with Gasteiger partial charge in [0.2, 0.25) is 0 Å². The van der Waals surface area contributed by atoms with E-state index in [2.05, 4.69) is 10.4 Å². The predicted octanol–water partition coefficient (Wildman–Crippen LogP) is 1.84. The number of nitrogens with zero attached hydrogens (tertiary/aromatic N) is 2. The maximum Gasteiger partial charge on any atom is 0.259 e. The molecule has 0 spiro atoms. The molecule has 100 valence electrons. The molecule has 0 aliphatic rings. The van der Waals surface area contributed by atoms with Crippen molar-refractivity contribution in [2.24, 2.45) is 7.05 Å². The smallest absolute Gasteiger partial charge is 0.259 e. The average Bonchev–Trinajstić information content (AvgIpc) is 2.69. The zero-order valence-electron chi connectivity index (χ0n) is 10.4. The molecule has 0 saturated carbocycles. The van der Waals surface area contributed by atoms with Crippen LogP contribution in [0.3, 0.4) is 0 Å². The van der Waals surface area contributed by atoms with Crippen LogP contribution in [0.1, 0.15) is 16.1 Å². The molecule has 0 unspecified atom stereocenters. The second kappa shape index (κ2) is 4.68. The molecule has 0 bridgehead atoms. The number of benzene rings is 1. The Balaban J connectivity index is 2.34. The van der Waals surface area contributed by atoms with E-state index in [1.54, 1.807) is 14.0 Å². The first-order valence-electron chi connectivity index (χ1n) is 5.45. The summed E-state index contributed by atoms with van der Waals surface area (Å²) in [6.07, 6.45) is 1.48. The van der Waals surface area contributed by atoms with Crippen molar-refractivity contribution in [2.75, 3.05) is 11.1 Å².